The molecule has 2 aromatic carbocycles. The number of nitrogens with one attached hydrogen (secondary N) is 1. The molecule has 0 aliphatic heterocycles. The summed E-state index contributed by atoms with van der Waals surface area (Å²) in [5, 5.41) is 0.905. The molecule has 5 heteroatoms. The zero-order valence-corrected chi connectivity index (χ0v) is 13.2. The summed E-state index contributed by atoms with van der Waals surface area (Å²) in [6.45, 7) is 0.648. The monoisotopic (exact) mass is 347 g/mol. The molecule has 0 bridgehead atoms. The molecule has 0 unspecified atom stereocenters. The number of benzene rings is 2. The molecule has 102 valence electrons. The van der Waals surface area contributed by atoms with Gasteiger partial charge in [0.1, 0.15) is 0 Å². The smallest absolute Gasteiger partial charge is 0.171 e. The van der Waals surface area contributed by atoms with Crippen LogP contribution in [0.1, 0.15) is 5.56 Å². The molecule has 0 radical (unpaired) electrons. The van der Waals surface area contributed by atoms with E-state index in [-0.39, 0.29) is 0 Å². The molecule has 0 spiro atoms. The number of nitrogens with zero attached hydrogens (tertiary/aromatic N) is 1. The van der Waals surface area contributed by atoms with Crippen LogP contribution in [0, 0.1) is 0 Å². The van der Waals surface area contributed by atoms with Crippen LogP contribution in [0.15, 0.2) is 57.0 Å². The quantitative estimate of drug-likeness (QED) is 0.750. The Balaban J connectivity index is 1.95. The van der Waals surface area contributed by atoms with Crippen molar-refractivity contribution in [3.63, 3.8) is 0 Å². The standard InChI is InChI=1S/C15H14BrN3S/c16-11-6-5-10(7-8-17)14(9-11)20-15-18-12-3-1-2-4-13(12)19-15/h1-6,9H,7-8,17H2,(H,18,19). The summed E-state index contributed by atoms with van der Waals surface area (Å²) in [6.07, 6.45) is 0.871. The fraction of sp³-hybridized carbons (Fsp3) is 0.133. The lowest BCUT2D eigenvalue weighted by atomic mass is 10.1. The molecule has 0 saturated carbocycles. The number of nitrogens with two attached hydrogens (primary N) is 1. The summed E-state index contributed by atoms with van der Waals surface area (Å²) in [6, 6.07) is 14.3. The van der Waals surface area contributed by atoms with Crippen LogP contribution in [0.3, 0.4) is 0 Å². The van der Waals surface area contributed by atoms with Gasteiger partial charge >= 0.3 is 0 Å². The predicted molar refractivity (Wildman–Crippen MR) is 87.1 cm³/mol. The third-order valence-electron chi connectivity index (χ3n) is 3.02. The second-order valence-electron chi connectivity index (χ2n) is 4.45. The molecule has 3 N–H and O–H groups in total. The van der Waals surface area contributed by atoms with Gasteiger partial charge in [0.05, 0.1) is 11.0 Å². The Morgan fingerprint density at radius 2 is 2.05 bits per heavy atom. The first-order valence-electron chi connectivity index (χ1n) is 6.37. The number of fused-ring (bicyclic) bond motifs is 1. The summed E-state index contributed by atoms with van der Waals surface area (Å²) >= 11 is 5.16. The van der Waals surface area contributed by atoms with Gasteiger partial charge < -0.3 is 10.7 Å². The van der Waals surface area contributed by atoms with Crippen molar-refractivity contribution < 1.29 is 0 Å². The Bertz CT molecular complexity index is 706. The minimum Gasteiger partial charge on any atom is -0.333 e. The number of para-hydroxylation sites is 2. The van der Waals surface area contributed by atoms with Gasteiger partial charge in [0.2, 0.25) is 0 Å². The third-order valence-corrected chi connectivity index (χ3v) is 4.50. The summed E-state index contributed by atoms with van der Waals surface area (Å²) in [5.41, 5.74) is 8.98. The average Bonchev–Trinajstić information content (AvgIpc) is 2.84. The lowest BCUT2D eigenvalue weighted by Crippen LogP contribution is -2.03. The lowest BCUT2D eigenvalue weighted by Gasteiger charge is -2.07. The normalized spacial score (nSPS) is 11.1. The number of imidazole rings is 1. The number of H-pyrrole nitrogens is 1. The van der Waals surface area contributed by atoms with Gasteiger partial charge in [-0.25, -0.2) is 4.98 Å². The summed E-state index contributed by atoms with van der Waals surface area (Å²) < 4.78 is 1.07. The topological polar surface area (TPSA) is 54.7 Å². The third kappa shape index (κ3) is 2.90. The van der Waals surface area contributed by atoms with Gasteiger partial charge in [-0.15, -0.1) is 0 Å². The lowest BCUT2D eigenvalue weighted by molar-refractivity contribution is 0.941. The summed E-state index contributed by atoms with van der Waals surface area (Å²) in [4.78, 5) is 9.12. The Morgan fingerprint density at radius 1 is 1.20 bits per heavy atom. The van der Waals surface area contributed by atoms with Crippen molar-refractivity contribution in [1.82, 2.24) is 9.97 Å². The Hall–Kier alpha value is -1.30. The van der Waals surface area contributed by atoms with Gasteiger partial charge in [-0.3, -0.25) is 0 Å². The van der Waals surface area contributed by atoms with Crippen LogP contribution >= 0.6 is 27.7 Å². The molecule has 0 saturated heterocycles. The van der Waals surface area contributed by atoms with Gasteiger partial charge in [0.25, 0.3) is 0 Å². The summed E-state index contributed by atoms with van der Waals surface area (Å²) in [7, 11) is 0. The summed E-state index contributed by atoms with van der Waals surface area (Å²) in [5.74, 6) is 0. The molecular formula is C15H14BrN3S. The van der Waals surface area contributed by atoms with Crippen LogP contribution in [0.4, 0.5) is 0 Å². The van der Waals surface area contributed by atoms with Crippen molar-refractivity contribution in [2.24, 2.45) is 5.73 Å². The number of hydrogen-bond donors (Lipinski definition) is 2. The number of aromatic nitrogens is 2. The van der Waals surface area contributed by atoms with Gasteiger partial charge in [0, 0.05) is 9.37 Å². The fourth-order valence-electron chi connectivity index (χ4n) is 2.07. The van der Waals surface area contributed by atoms with Crippen LogP contribution in [-0.4, -0.2) is 16.5 Å². The number of hydrogen-bond acceptors (Lipinski definition) is 3. The van der Waals surface area contributed by atoms with E-state index in [1.165, 1.54) is 10.5 Å². The van der Waals surface area contributed by atoms with E-state index in [0.717, 1.165) is 27.1 Å². The molecule has 3 aromatic rings. The Morgan fingerprint density at radius 3 is 2.85 bits per heavy atom. The van der Waals surface area contributed by atoms with Crippen LogP contribution in [0.2, 0.25) is 0 Å². The van der Waals surface area contributed by atoms with Crippen LogP contribution in [0.5, 0.6) is 0 Å². The van der Waals surface area contributed by atoms with Gasteiger partial charge in [0.15, 0.2) is 5.16 Å². The number of aromatic amines is 1. The first-order chi connectivity index (χ1) is 9.76. The molecular weight excluding hydrogens is 334 g/mol. The molecule has 3 rings (SSSR count). The predicted octanol–water partition coefficient (Wildman–Crippen LogP) is 3.98. The van der Waals surface area contributed by atoms with E-state index in [1.807, 2.05) is 30.3 Å². The van der Waals surface area contributed by atoms with Crippen molar-refractivity contribution in [3.8, 4) is 0 Å². The van der Waals surface area contributed by atoms with E-state index in [9.17, 15) is 0 Å². The second kappa shape index (κ2) is 5.99. The minimum atomic E-state index is 0.648. The van der Waals surface area contributed by atoms with Crippen molar-refractivity contribution in [2.75, 3.05) is 6.54 Å². The van der Waals surface area contributed by atoms with Crippen molar-refractivity contribution in [3.05, 3.63) is 52.5 Å². The zero-order chi connectivity index (χ0) is 13.9. The van der Waals surface area contributed by atoms with Crippen LogP contribution in [0.25, 0.3) is 11.0 Å². The number of halogens is 1. The highest BCUT2D eigenvalue weighted by molar-refractivity contribution is 9.10. The van der Waals surface area contributed by atoms with E-state index in [2.05, 4.69) is 38.0 Å². The molecule has 1 aromatic heterocycles. The van der Waals surface area contributed by atoms with Gasteiger partial charge in [-0.05, 0) is 42.8 Å². The van der Waals surface area contributed by atoms with Gasteiger partial charge in [-0.1, -0.05) is 45.9 Å². The van der Waals surface area contributed by atoms with Crippen LogP contribution < -0.4 is 5.73 Å². The first-order valence-corrected chi connectivity index (χ1v) is 7.98. The molecule has 0 aliphatic rings. The highest BCUT2D eigenvalue weighted by Gasteiger charge is 2.08. The van der Waals surface area contributed by atoms with E-state index >= 15 is 0 Å². The molecule has 0 aliphatic carbocycles. The Labute approximate surface area is 130 Å². The van der Waals surface area contributed by atoms with Crippen molar-refractivity contribution in [2.45, 2.75) is 16.5 Å². The molecule has 0 atom stereocenters. The Kier molecular flexibility index (Phi) is 4.10. The highest BCUT2D eigenvalue weighted by atomic mass is 79.9. The van der Waals surface area contributed by atoms with Crippen molar-refractivity contribution >= 4 is 38.7 Å². The zero-order valence-electron chi connectivity index (χ0n) is 10.8. The number of rotatable bonds is 4. The van der Waals surface area contributed by atoms with Gasteiger partial charge in [-0.2, -0.15) is 0 Å². The molecule has 3 nitrogen and oxygen atoms in total. The maximum absolute atomic E-state index is 5.68. The van der Waals surface area contributed by atoms with E-state index in [1.54, 1.807) is 11.8 Å². The van der Waals surface area contributed by atoms with E-state index in [4.69, 9.17) is 5.73 Å². The molecule has 0 amide bonds. The fourth-order valence-corrected chi connectivity index (χ4v) is 3.58. The SMILES string of the molecule is NCCc1ccc(Br)cc1Sc1nc2ccccc2[nH]1. The average molecular weight is 348 g/mol. The minimum absolute atomic E-state index is 0.648. The molecule has 20 heavy (non-hydrogen) atoms. The second-order valence-corrected chi connectivity index (χ2v) is 6.40. The molecule has 0 fully saturated rings. The largest absolute Gasteiger partial charge is 0.333 e. The van der Waals surface area contributed by atoms with Crippen molar-refractivity contribution in [1.29, 1.82) is 0 Å². The van der Waals surface area contributed by atoms with Crippen LogP contribution in [-0.2, 0) is 6.42 Å². The maximum Gasteiger partial charge on any atom is 0.171 e. The molecule has 1 heterocycles. The maximum atomic E-state index is 5.68. The van der Waals surface area contributed by atoms with E-state index in [0.29, 0.717) is 6.54 Å². The van der Waals surface area contributed by atoms with E-state index < -0.39 is 0 Å². The highest BCUT2D eigenvalue weighted by Crippen LogP contribution is 2.32. The first kappa shape index (κ1) is 13.7.